The number of hydrogen-bond acceptors (Lipinski definition) is 6. The highest BCUT2D eigenvalue weighted by Gasteiger charge is 2.37. The first-order valence-electron chi connectivity index (χ1n) is 5.15. The van der Waals surface area contributed by atoms with Gasteiger partial charge in [-0.05, 0) is 7.05 Å². The summed E-state index contributed by atoms with van der Waals surface area (Å²) in [5.41, 5.74) is 0. The number of likely N-dealkylation sites (tertiary alicyclic amines) is 1. The Balaban J connectivity index is 2.55. The molecule has 1 heterocycles. The van der Waals surface area contributed by atoms with Crippen molar-refractivity contribution in [3.05, 3.63) is 0 Å². The Morgan fingerprint density at radius 2 is 2.24 bits per heavy atom. The average molecular weight is 262 g/mol. The number of nitrogens with one attached hydrogen (secondary N) is 1. The highest BCUT2D eigenvalue weighted by atomic mass is 35.5. The van der Waals surface area contributed by atoms with Crippen LogP contribution in [-0.2, 0) is 14.3 Å². The topological polar surface area (TPSA) is 75.0 Å². The first-order chi connectivity index (χ1) is 7.99. The molecule has 1 aliphatic rings. The molecule has 0 spiro atoms. The van der Waals surface area contributed by atoms with Crippen molar-refractivity contribution in [1.82, 2.24) is 4.90 Å². The number of rotatable bonds is 3. The zero-order chi connectivity index (χ0) is 13.0. The Bertz CT molecular complexity index is 346. The van der Waals surface area contributed by atoms with E-state index in [0.29, 0.717) is 13.0 Å². The van der Waals surface area contributed by atoms with Gasteiger partial charge in [-0.3, -0.25) is 20.1 Å². The molecule has 0 aromatic carbocycles. The van der Waals surface area contributed by atoms with E-state index >= 15 is 0 Å². The molecule has 1 saturated heterocycles. The maximum atomic E-state index is 11.4. The third-order valence-corrected chi connectivity index (χ3v) is 2.99. The second kappa shape index (κ2) is 5.97. The molecular formula is C10H16ClN3O3. The van der Waals surface area contributed by atoms with Gasteiger partial charge in [-0.1, -0.05) is 11.6 Å². The fraction of sp³-hybridized carbons (Fsp3) is 0.700. The van der Waals surface area contributed by atoms with Crippen LogP contribution in [0.5, 0.6) is 0 Å². The lowest BCUT2D eigenvalue weighted by Crippen LogP contribution is -2.33. The number of nitrogens with zero attached hydrogens (tertiary/aromatic N) is 2. The summed E-state index contributed by atoms with van der Waals surface area (Å²) in [7, 11) is 4.65. The maximum Gasteiger partial charge on any atom is 0.323 e. The summed E-state index contributed by atoms with van der Waals surface area (Å²) in [6.07, 6.45) is 0.242. The van der Waals surface area contributed by atoms with Gasteiger partial charge in [-0.2, -0.15) is 0 Å². The number of ether oxygens (including phenoxy) is 2. The second-order valence-electron chi connectivity index (χ2n) is 3.80. The summed E-state index contributed by atoms with van der Waals surface area (Å²) >= 11 is 5.65. The molecule has 1 aliphatic heterocycles. The van der Waals surface area contributed by atoms with Crippen molar-refractivity contribution in [2.75, 3.05) is 27.7 Å². The third kappa shape index (κ3) is 3.41. The van der Waals surface area contributed by atoms with Crippen LogP contribution in [0.25, 0.3) is 0 Å². The fourth-order valence-electron chi connectivity index (χ4n) is 1.77. The predicted octanol–water partition coefficient (Wildman–Crippen LogP) is 0.493. The van der Waals surface area contributed by atoms with Crippen molar-refractivity contribution in [2.24, 2.45) is 4.99 Å². The molecule has 6 nitrogen and oxygen atoms in total. The van der Waals surface area contributed by atoms with Crippen molar-refractivity contribution < 1.29 is 14.3 Å². The minimum Gasteiger partial charge on any atom is -0.471 e. The van der Waals surface area contributed by atoms with Gasteiger partial charge in [0.15, 0.2) is 5.17 Å². The van der Waals surface area contributed by atoms with E-state index in [1.165, 1.54) is 14.2 Å². The van der Waals surface area contributed by atoms with Crippen LogP contribution in [0.1, 0.15) is 6.42 Å². The number of carbonyl (C=O) groups is 1. The summed E-state index contributed by atoms with van der Waals surface area (Å²) in [5.74, 6) is -0.460. The molecule has 1 rings (SSSR count). The van der Waals surface area contributed by atoms with Gasteiger partial charge >= 0.3 is 5.97 Å². The molecule has 7 heteroatoms. The van der Waals surface area contributed by atoms with E-state index in [0.717, 1.165) is 0 Å². The number of esters is 1. The van der Waals surface area contributed by atoms with E-state index in [1.54, 1.807) is 0 Å². The number of halogens is 1. The van der Waals surface area contributed by atoms with Crippen molar-refractivity contribution >= 4 is 28.6 Å². The monoisotopic (exact) mass is 261 g/mol. The second-order valence-corrected chi connectivity index (χ2v) is 4.16. The average Bonchev–Trinajstić information content (AvgIpc) is 2.67. The maximum absolute atomic E-state index is 11.4. The molecular weight excluding hydrogens is 246 g/mol. The molecule has 0 aromatic heterocycles. The van der Waals surface area contributed by atoms with E-state index in [-0.39, 0.29) is 29.2 Å². The van der Waals surface area contributed by atoms with Crippen molar-refractivity contribution in [3.8, 4) is 0 Å². The van der Waals surface area contributed by atoms with Crippen LogP contribution >= 0.6 is 11.6 Å². The molecule has 2 unspecified atom stereocenters. The Morgan fingerprint density at radius 3 is 2.76 bits per heavy atom. The molecule has 0 bridgehead atoms. The summed E-state index contributed by atoms with van der Waals surface area (Å²) in [6, 6.07) is -0.324. The molecule has 0 amide bonds. The van der Waals surface area contributed by atoms with Crippen LogP contribution in [0.2, 0.25) is 0 Å². The standard InChI is InChI=1S/C10H16ClN3O3/c1-13-8(11)9(12)17-6-4-7(10(15)16-3)14(2)5-6/h6-7,12H,4-5H2,1-3H3. The van der Waals surface area contributed by atoms with Crippen molar-refractivity contribution in [3.63, 3.8) is 0 Å². The van der Waals surface area contributed by atoms with Gasteiger partial charge in [-0.25, -0.2) is 0 Å². The molecule has 1 fully saturated rings. The highest BCUT2D eigenvalue weighted by Crippen LogP contribution is 2.20. The lowest BCUT2D eigenvalue weighted by atomic mass is 10.2. The lowest BCUT2D eigenvalue weighted by Gasteiger charge is -2.15. The number of hydrogen-bond donors (Lipinski definition) is 1. The normalized spacial score (nSPS) is 25.8. The first kappa shape index (κ1) is 13.9. The van der Waals surface area contributed by atoms with Crippen LogP contribution in [0.15, 0.2) is 4.99 Å². The number of likely N-dealkylation sites (N-methyl/N-ethyl adjacent to an activating group) is 1. The summed E-state index contributed by atoms with van der Waals surface area (Å²) < 4.78 is 10.0. The molecule has 0 radical (unpaired) electrons. The van der Waals surface area contributed by atoms with Gasteiger partial charge in [0.2, 0.25) is 5.90 Å². The van der Waals surface area contributed by atoms with Crippen LogP contribution in [0.3, 0.4) is 0 Å². The molecule has 96 valence electrons. The Labute approximate surface area is 105 Å². The highest BCUT2D eigenvalue weighted by molar-refractivity contribution is 6.82. The Morgan fingerprint density at radius 1 is 1.59 bits per heavy atom. The summed E-state index contributed by atoms with van der Waals surface area (Å²) in [5, 5.41) is 7.55. The third-order valence-electron chi connectivity index (χ3n) is 2.65. The van der Waals surface area contributed by atoms with E-state index in [1.807, 2.05) is 11.9 Å². The van der Waals surface area contributed by atoms with Crippen LogP contribution < -0.4 is 0 Å². The molecule has 0 aromatic rings. The van der Waals surface area contributed by atoms with Gasteiger partial charge in [0.05, 0.1) is 7.11 Å². The predicted molar refractivity (Wildman–Crippen MR) is 64.9 cm³/mol. The quantitative estimate of drug-likeness (QED) is 0.456. The van der Waals surface area contributed by atoms with Gasteiger partial charge in [-0.15, -0.1) is 0 Å². The van der Waals surface area contributed by atoms with Gasteiger partial charge < -0.3 is 9.47 Å². The summed E-state index contributed by atoms with van der Waals surface area (Å²) in [4.78, 5) is 16.9. The number of aliphatic imine (C=N–C) groups is 1. The lowest BCUT2D eigenvalue weighted by molar-refractivity contribution is -0.145. The molecule has 0 aliphatic carbocycles. The van der Waals surface area contributed by atoms with E-state index in [2.05, 4.69) is 9.73 Å². The van der Waals surface area contributed by atoms with E-state index in [4.69, 9.17) is 21.7 Å². The fourth-order valence-corrected chi connectivity index (χ4v) is 1.81. The van der Waals surface area contributed by atoms with E-state index in [9.17, 15) is 4.79 Å². The van der Waals surface area contributed by atoms with Crippen LogP contribution in [0, 0.1) is 5.41 Å². The first-order valence-corrected chi connectivity index (χ1v) is 5.53. The Hall–Kier alpha value is -1.14. The largest absolute Gasteiger partial charge is 0.471 e. The smallest absolute Gasteiger partial charge is 0.323 e. The SMILES string of the molecule is CN=C(Cl)C(=N)OC1CC(C(=O)OC)N(C)C1. The molecule has 2 atom stereocenters. The van der Waals surface area contributed by atoms with Crippen LogP contribution in [0.4, 0.5) is 0 Å². The molecule has 17 heavy (non-hydrogen) atoms. The molecule has 0 saturated carbocycles. The minimum atomic E-state index is -0.324. The van der Waals surface area contributed by atoms with Crippen LogP contribution in [-0.4, -0.2) is 61.8 Å². The summed E-state index contributed by atoms with van der Waals surface area (Å²) in [6.45, 7) is 0.552. The van der Waals surface area contributed by atoms with Crippen molar-refractivity contribution in [2.45, 2.75) is 18.6 Å². The Kier molecular flexibility index (Phi) is 4.89. The van der Waals surface area contributed by atoms with Gasteiger partial charge in [0.25, 0.3) is 0 Å². The van der Waals surface area contributed by atoms with Gasteiger partial charge in [0.1, 0.15) is 12.1 Å². The minimum absolute atomic E-state index is 0.0224. The van der Waals surface area contributed by atoms with Gasteiger partial charge in [0, 0.05) is 20.0 Å². The number of carbonyl (C=O) groups excluding carboxylic acids is 1. The van der Waals surface area contributed by atoms with Crippen molar-refractivity contribution in [1.29, 1.82) is 5.41 Å². The molecule has 1 N–H and O–H groups in total. The number of methoxy groups -OCH3 is 1. The zero-order valence-corrected chi connectivity index (χ0v) is 10.8. The van der Waals surface area contributed by atoms with E-state index < -0.39 is 0 Å². The zero-order valence-electron chi connectivity index (χ0n) is 10.1.